The number of hydrogen-bond acceptors (Lipinski definition) is 5. The van der Waals surface area contributed by atoms with Crippen LogP contribution in [-0.4, -0.2) is 35.1 Å². The van der Waals surface area contributed by atoms with Gasteiger partial charge >= 0.3 is 0 Å². The molecule has 0 fully saturated rings. The van der Waals surface area contributed by atoms with Crippen molar-refractivity contribution in [3.05, 3.63) is 55.4 Å². The molecule has 7 nitrogen and oxygen atoms in total. The lowest BCUT2D eigenvalue weighted by Crippen LogP contribution is -1.86. The second-order valence-electron chi connectivity index (χ2n) is 5.43. The molecule has 0 saturated carbocycles. The Morgan fingerprint density at radius 1 is 0.875 bits per heavy atom. The summed E-state index contributed by atoms with van der Waals surface area (Å²) < 4.78 is 0. The molecule has 0 aromatic carbocycles. The number of aromatic nitrogens is 7. The van der Waals surface area contributed by atoms with Gasteiger partial charge in [-0.1, -0.05) is 0 Å². The summed E-state index contributed by atoms with van der Waals surface area (Å²) in [5.74, 6) is 0. The van der Waals surface area contributed by atoms with Crippen molar-refractivity contribution in [1.29, 1.82) is 0 Å². The Labute approximate surface area is 135 Å². The van der Waals surface area contributed by atoms with Crippen molar-refractivity contribution in [3.63, 3.8) is 0 Å². The fourth-order valence-corrected chi connectivity index (χ4v) is 2.80. The van der Waals surface area contributed by atoms with E-state index in [0.717, 1.165) is 38.9 Å². The van der Waals surface area contributed by atoms with Crippen LogP contribution in [-0.2, 0) is 0 Å². The van der Waals surface area contributed by atoms with Crippen molar-refractivity contribution in [2.75, 3.05) is 0 Å². The first-order valence-corrected chi connectivity index (χ1v) is 7.42. The number of rotatable bonds is 2. The zero-order valence-electron chi connectivity index (χ0n) is 12.4. The highest BCUT2D eigenvalue weighted by molar-refractivity contribution is 5.95. The number of nitrogens with one attached hydrogen (secondary N) is 2. The molecule has 5 heterocycles. The lowest BCUT2D eigenvalue weighted by molar-refractivity contribution is 1.10. The van der Waals surface area contributed by atoms with E-state index in [2.05, 4.69) is 41.2 Å². The smallest absolute Gasteiger partial charge is 0.181 e. The third kappa shape index (κ3) is 1.95. The van der Waals surface area contributed by atoms with Gasteiger partial charge < -0.3 is 4.98 Å². The number of pyridine rings is 2. The van der Waals surface area contributed by atoms with E-state index in [0.29, 0.717) is 5.65 Å². The Bertz CT molecular complexity index is 1120. The van der Waals surface area contributed by atoms with Gasteiger partial charge in [0.05, 0.1) is 35.0 Å². The highest BCUT2D eigenvalue weighted by atomic mass is 15.2. The Morgan fingerprint density at radius 3 is 2.71 bits per heavy atom. The fraction of sp³-hybridized carbons (Fsp3) is 0. The number of H-pyrrole nitrogens is 2. The molecule has 5 aromatic heterocycles. The molecule has 114 valence electrons. The molecular weight excluding hydrogens is 302 g/mol. The molecule has 0 aliphatic rings. The minimum atomic E-state index is 0.662. The molecule has 0 atom stereocenters. The fourth-order valence-electron chi connectivity index (χ4n) is 2.80. The predicted octanol–water partition coefficient (Wildman–Crippen LogP) is 2.96. The van der Waals surface area contributed by atoms with E-state index in [-0.39, 0.29) is 0 Å². The molecule has 0 unspecified atom stereocenters. The van der Waals surface area contributed by atoms with Crippen molar-refractivity contribution in [2.24, 2.45) is 0 Å². The molecule has 7 heteroatoms. The molecule has 5 rings (SSSR count). The highest BCUT2D eigenvalue weighted by Gasteiger charge is 2.13. The van der Waals surface area contributed by atoms with Gasteiger partial charge in [-0.2, -0.15) is 5.10 Å². The molecule has 2 N–H and O–H groups in total. The molecule has 0 saturated heterocycles. The minimum absolute atomic E-state index is 0.662. The summed E-state index contributed by atoms with van der Waals surface area (Å²) in [4.78, 5) is 20.4. The number of fused-ring (bicyclic) bond motifs is 2. The van der Waals surface area contributed by atoms with Gasteiger partial charge in [0.1, 0.15) is 0 Å². The first-order chi connectivity index (χ1) is 11.9. The molecule has 0 spiro atoms. The molecule has 0 bridgehead atoms. The van der Waals surface area contributed by atoms with Crippen molar-refractivity contribution >= 4 is 21.9 Å². The Hall–Kier alpha value is -3.61. The zero-order chi connectivity index (χ0) is 15.9. The summed E-state index contributed by atoms with van der Waals surface area (Å²) in [6, 6.07) is 6.06. The topological polar surface area (TPSA) is 96.0 Å². The van der Waals surface area contributed by atoms with Gasteiger partial charge in [0.15, 0.2) is 5.65 Å². The first kappa shape index (κ1) is 12.9. The van der Waals surface area contributed by atoms with Crippen molar-refractivity contribution in [2.45, 2.75) is 0 Å². The largest absolute Gasteiger partial charge is 0.352 e. The van der Waals surface area contributed by atoms with E-state index >= 15 is 0 Å². The lowest BCUT2D eigenvalue weighted by atomic mass is 10.1. The summed E-state index contributed by atoms with van der Waals surface area (Å²) >= 11 is 0. The monoisotopic (exact) mass is 313 g/mol. The zero-order valence-corrected chi connectivity index (χ0v) is 12.4. The van der Waals surface area contributed by atoms with Gasteiger partial charge in [0, 0.05) is 41.1 Å². The normalized spacial score (nSPS) is 11.3. The van der Waals surface area contributed by atoms with Crippen LogP contribution in [0.2, 0.25) is 0 Å². The maximum Gasteiger partial charge on any atom is 0.181 e. The van der Waals surface area contributed by atoms with Crippen molar-refractivity contribution in [1.82, 2.24) is 35.1 Å². The second-order valence-corrected chi connectivity index (χ2v) is 5.43. The third-order valence-corrected chi connectivity index (χ3v) is 3.96. The number of nitrogens with zero attached hydrogens (tertiary/aromatic N) is 5. The lowest BCUT2D eigenvalue weighted by Gasteiger charge is -2.00. The maximum absolute atomic E-state index is 4.42. The second kappa shape index (κ2) is 4.95. The van der Waals surface area contributed by atoms with Crippen LogP contribution in [0, 0.1) is 0 Å². The Balaban J connectivity index is 1.71. The van der Waals surface area contributed by atoms with E-state index in [4.69, 9.17) is 0 Å². The number of aromatic amines is 2. The Kier molecular flexibility index (Phi) is 2.66. The van der Waals surface area contributed by atoms with Crippen molar-refractivity contribution < 1.29 is 0 Å². The SMILES string of the molecule is c1cnc(-c2cnc3n[nH]c(-c4cc5ccncc5[nH]4)c3c2)cn1. The molecule has 24 heavy (non-hydrogen) atoms. The van der Waals surface area contributed by atoms with Gasteiger partial charge in [-0.3, -0.25) is 20.1 Å². The molecule has 0 amide bonds. The van der Waals surface area contributed by atoms with E-state index in [1.807, 2.05) is 12.1 Å². The average Bonchev–Trinajstić information content (AvgIpc) is 3.25. The molecular formula is C17H11N7. The van der Waals surface area contributed by atoms with Crippen LogP contribution in [0.3, 0.4) is 0 Å². The predicted molar refractivity (Wildman–Crippen MR) is 90.0 cm³/mol. The number of hydrogen-bond donors (Lipinski definition) is 2. The van der Waals surface area contributed by atoms with Crippen molar-refractivity contribution in [3.8, 4) is 22.6 Å². The van der Waals surface area contributed by atoms with Crippen LogP contribution in [0.5, 0.6) is 0 Å². The van der Waals surface area contributed by atoms with Crippen LogP contribution < -0.4 is 0 Å². The Morgan fingerprint density at radius 2 is 1.83 bits per heavy atom. The van der Waals surface area contributed by atoms with E-state index in [1.54, 1.807) is 37.2 Å². The standard InChI is InChI=1S/C17H11N7/c1-2-18-9-15-10(1)6-13(22-15)16-12-5-11(7-21-17(12)24-23-16)14-8-19-3-4-20-14/h1-9,22H,(H,21,23,24). The summed E-state index contributed by atoms with van der Waals surface area (Å²) in [6.07, 6.45) is 10.4. The van der Waals surface area contributed by atoms with Crippen LogP contribution in [0.1, 0.15) is 0 Å². The van der Waals surface area contributed by atoms with Crippen LogP contribution >= 0.6 is 0 Å². The maximum atomic E-state index is 4.42. The van der Waals surface area contributed by atoms with E-state index in [1.165, 1.54) is 0 Å². The quantitative estimate of drug-likeness (QED) is 0.522. The van der Waals surface area contributed by atoms with Gasteiger partial charge in [-0.25, -0.2) is 4.98 Å². The van der Waals surface area contributed by atoms with E-state index < -0.39 is 0 Å². The molecule has 0 aliphatic heterocycles. The highest BCUT2D eigenvalue weighted by Crippen LogP contribution is 2.29. The van der Waals surface area contributed by atoms with Gasteiger partial charge in [0.2, 0.25) is 0 Å². The summed E-state index contributed by atoms with van der Waals surface area (Å²) in [6.45, 7) is 0. The summed E-state index contributed by atoms with van der Waals surface area (Å²) in [7, 11) is 0. The van der Waals surface area contributed by atoms with E-state index in [9.17, 15) is 0 Å². The first-order valence-electron chi connectivity index (χ1n) is 7.42. The average molecular weight is 313 g/mol. The van der Waals surface area contributed by atoms with Crippen LogP contribution in [0.25, 0.3) is 44.6 Å². The van der Waals surface area contributed by atoms with Gasteiger partial charge in [-0.15, -0.1) is 0 Å². The van der Waals surface area contributed by atoms with Gasteiger partial charge in [-0.05, 0) is 18.2 Å². The molecule has 0 aliphatic carbocycles. The van der Waals surface area contributed by atoms with Crippen LogP contribution in [0.4, 0.5) is 0 Å². The van der Waals surface area contributed by atoms with Gasteiger partial charge in [0.25, 0.3) is 0 Å². The molecule has 0 radical (unpaired) electrons. The minimum Gasteiger partial charge on any atom is -0.352 e. The summed E-state index contributed by atoms with van der Waals surface area (Å²) in [5.41, 5.74) is 5.15. The molecule has 5 aromatic rings. The van der Waals surface area contributed by atoms with Crippen LogP contribution in [0.15, 0.2) is 55.4 Å². The summed E-state index contributed by atoms with van der Waals surface area (Å²) in [5, 5.41) is 9.39. The third-order valence-electron chi connectivity index (χ3n) is 3.96.